The Kier molecular flexibility index (Phi) is 6.00. The highest BCUT2D eigenvalue weighted by Crippen LogP contribution is 2.68. The van der Waals surface area contributed by atoms with Crippen LogP contribution < -0.4 is 0 Å². The Morgan fingerprint density at radius 1 is 1.00 bits per heavy atom. The van der Waals surface area contributed by atoms with Gasteiger partial charge in [-0.05, 0) is 111 Å². The van der Waals surface area contributed by atoms with Gasteiger partial charge in [-0.15, -0.1) is 0 Å². The third kappa shape index (κ3) is 3.71. The number of hydrogen-bond donors (Lipinski definition) is 1. The summed E-state index contributed by atoms with van der Waals surface area (Å²) < 4.78 is 5.61. The summed E-state index contributed by atoms with van der Waals surface area (Å²) in [6, 6.07) is 0. The van der Waals surface area contributed by atoms with Crippen molar-refractivity contribution in [3.05, 3.63) is 0 Å². The number of fused-ring (bicyclic) bond motifs is 5. The second-order valence-corrected chi connectivity index (χ2v) is 11.8. The molecule has 4 fully saturated rings. The molecule has 4 nitrogen and oxygen atoms in total. The molecule has 9 atom stereocenters. The van der Waals surface area contributed by atoms with Crippen LogP contribution in [-0.2, 0) is 14.3 Å². The van der Waals surface area contributed by atoms with E-state index in [2.05, 4.69) is 20.8 Å². The van der Waals surface area contributed by atoms with Crippen LogP contribution in [-0.4, -0.2) is 23.1 Å². The van der Waals surface area contributed by atoms with E-state index < -0.39 is 5.97 Å². The van der Waals surface area contributed by atoms with E-state index in [9.17, 15) is 9.59 Å². The van der Waals surface area contributed by atoms with Crippen molar-refractivity contribution < 1.29 is 19.4 Å². The first-order chi connectivity index (χ1) is 14.1. The first-order valence-corrected chi connectivity index (χ1v) is 12.5. The van der Waals surface area contributed by atoms with E-state index in [0.717, 1.165) is 37.0 Å². The van der Waals surface area contributed by atoms with Crippen LogP contribution in [0.3, 0.4) is 0 Å². The number of carbonyl (C=O) groups excluding carboxylic acids is 1. The number of rotatable bonds is 5. The number of hydrogen-bond acceptors (Lipinski definition) is 3. The van der Waals surface area contributed by atoms with Crippen LogP contribution >= 0.6 is 0 Å². The van der Waals surface area contributed by atoms with Crippen molar-refractivity contribution >= 4 is 11.9 Å². The molecule has 0 aromatic carbocycles. The van der Waals surface area contributed by atoms with Crippen LogP contribution in [0.5, 0.6) is 0 Å². The highest BCUT2D eigenvalue weighted by Gasteiger charge is 2.60. The molecule has 4 aliphatic rings. The van der Waals surface area contributed by atoms with Crippen molar-refractivity contribution in [3.63, 3.8) is 0 Å². The van der Waals surface area contributed by atoms with E-state index in [1.165, 1.54) is 44.9 Å². The predicted octanol–water partition coefficient (Wildman–Crippen LogP) is 6.08. The molecule has 0 saturated heterocycles. The normalized spacial score (nSPS) is 46.3. The van der Waals surface area contributed by atoms with Gasteiger partial charge in [-0.3, -0.25) is 9.59 Å². The fourth-order valence-corrected chi connectivity index (χ4v) is 9.09. The Morgan fingerprint density at radius 2 is 1.70 bits per heavy atom. The first kappa shape index (κ1) is 22.1. The Labute approximate surface area is 182 Å². The summed E-state index contributed by atoms with van der Waals surface area (Å²) in [6.07, 6.45) is 12.5. The van der Waals surface area contributed by atoms with E-state index in [4.69, 9.17) is 9.84 Å². The summed E-state index contributed by atoms with van der Waals surface area (Å²) in [5.74, 6) is 3.60. The summed E-state index contributed by atoms with van der Waals surface area (Å²) in [5, 5.41) is 9.13. The van der Waals surface area contributed by atoms with E-state index in [1.54, 1.807) is 6.92 Å². The molecule has 0 radical (unpaired) electrons. The minimum Gasteiger partial charge on any atom is -0.481 e. The molecular weight excluding hydrogens is 376 g/mol. The van der Waals surface area contributed by atoms with Gasteiger partial charge in [0, 0.05) is 13.3 Å². The molecule has 4 rings (SSSR count). The number of carboxylic acid groups (broad SMARTS) is 1. The third-order valence-corrected chi connectivity index (χ3v) is 10.5. The maximum atomic E-state index is 11.5. The van der Waals surface area contributed by atoms with Gasteiger partial charge in [0.1, 0.15) is 6.10 Å². The van der Waals surface area contributed by atoms with Crippen molar-refractivity contribution in [3.8, 4) is 0 Å². The molecule has 4 aliphatic carbocycles. The van der Waals surface area contributed by atoms with E-state index >= 15 is 0 Å². The van der Waals surface area contributed by atoms with Crippen LogP contribution in [0.2, 0.25) is 0 Å². The molecule has 170 valence electrons. The van der Waals surface area contributed by atoms with Crippen LogP contribution in [0.4, 0.5) is 0 Å². The minimum absolute atomic E-state index is 0.125. The topological polar surface area (TPSA) is 63.6 Å². The molecule has 0 aromatic heterocycles. The van der Waals surface area contributed by atoms with Gasteiger partial charge in [-0.2, -0.15) is 0 Å². The standard InChI is InChI=1S/C26H42O4/c1-16(5-10-24(28)29)21-8-9-22-20-7-6-18-15-19(30-17(2)27)11-13-25(18,3)23(20)12-14-26(21,22)4/h16,18-23H,5-15H2,1-4H3,(H,28,29)/t16-,18+,19+,20-,21+,22-,23-,25-,26+/m0/s1. The molecule has 4 heteroatoms. The molecule has 0 aliphatic heterocycles. The summed E-state index contributed by atoms with van der Waals surface area (Å²) in [5.41, 5.74) is 0.811. The molecule has 30 heavy (non-hydrogen) atoms. The van der Waals surface area contributed by atoms with Crippen molar-refractivity contribution in [1.29, 1.82) is 0 Å². The zero-order valence-corrected chi connectivity index (χ0v) is 19.5. The lowest BCUT2D eigenvalue weighted by Gasteiger charge is -2.61. The van der Waals surface area contributed by atoms with Crippen molar-refractivity contribution in [2.24, 2.45) is 46.3 Å². The minimum atomic E-state index is -0.652. The second-order valence-electron chi connectivity index (χ2n) is 11.8. The first-order valence-electron chi connectivity index (χ1n) is 12.5. The van der Waals surface area contributed by atoms with E-state index in [-0.39, 0.29) is 12.1 Å². The summed E-state index contributed by atoms with van der Waals surface area (Å²) in [4.78, 5) is 22.5. The lowest BCUT2D eigenvalue weighted by atomic mass is 9.44. The number of aliphatic carboxylic acids is 1. The average molecular weight is 419 g/mol. The number of carboxylic acids is 1. The monoisotopic (exact) mass is 418 g/mol. The highest BCUT2D eigenvalue weighted by molar-refractivity contribution is 5.66. The zero-order valence-electron chi connectivity index (χ0n) is 19.5. The van der Waals surface area contributed by atoms with Crippen molar-refractivity contribution in [2.75, 3.05) is 0 Å². The maximum absolute atomic E-state index is 11.5. The Bertz CT molecular complexity index is 674. The van der Waals surface area contributed by atoms with Gasteiger partial charge in [0.25, 0.3) is 0 Å². The quantitative estimate of drug-likeness (QED) is 0.550. The van der Waals surface area contributed by atoms with Crippen molar-refractivity contribution in [2.45, 2.75) is 104 Å². The maximum Gasteiger partial charge on any atom is 0.303 e. The lowest BCUT2D eigenvalue weighted by Crippen LogP contribution is -2.54. The third-order valence-electron chi connectivity index (χ3n) is 10.5. The summed E-state index contributed by atoms with van der Waals surface area (Å²) >= 11 is 0. The largest absolute Gasteiger partial charge is 0.481 e. The van der Waals surface area contributed by atoms with Gasteiger partial charge in [-0.25, -0.2) is 0 Å². The van der Waals surface area contributed by atoms with Gasteiger partial charge in [0.2, 0.25) is 0 Å². The van der Waals surface area contributed by atoms with Gasteiger partial charge >= 0.3 is 11.9 Å². The Hall–Kier alpha value is -1.06. The van der Waals surface area contributed by atoms with Crippen LogP contribution in [0.1, 0.15) is 98.3 Å². The lowest BCUT2D eigenvalue weighted by molar-refractivity contribution is -0.160. The molecule has 0 spiro atoms. The molecule has 1 N–H and O–H groups in total. The molecule has 0 heterocycles. The smallest absolute Gasteiger partial charge is 0.303 e. The highest BCUT2D eigenvalue weighted by atomic mass is 16.5. The summed E-state index contributed by atoms with van der Waals surface area (Å²) in [6.45, 7) is 8.96. The fraction of sp³-hybridized carbons (Fsp3) is 0.923. The fourth-order valence-electron chi connectivity index (χ4n) is 9.09. The number of ether oxygens (including phenoxy) is 1. The average Bonchev–Trinajstić information content (AvgIpc) is 3.03. The van der Waals surface area contributed by atoms with Crippen LogP contribution in [0.25, 0.3) is 0 Å². The zero-order chi connectivity index (χ0) is 21.7. The molecule has 4 saturated carbocycles. The Morgan fingerprint density at radius 3 is 2.40 bits per heavy atom. The van der Waals surface area contributed by atoms with Gasteiger partial charge in [0.05, 0.1) is 0 Å². The predicted molar refractivity (Wildman–Crippen MR) is 117 cm³/mol. The molecule has 0 aromatic rings. The van der Waals surface area contributed by atoms with E-state index in [1.807, 2.05) is 0 Å². The van der Waals surface area contributed by atoms with Crippen molar-refractivity contribution in [1.82, 2.24) is 0 Å². The molecule has 0 bridgehead atoms. The SMILES string of the molecule is CC(=O)O[C@@H]1CC[C@@]2(C)[C@H](CC[C@@H]3[C@@H]2CC[C@]2(C)[C@@H]([C@@H](C)CCC(=O)O)CC[C@@H]32)C1. The van der Waals surface area contributed by atoms with Crippen LogP contribution in [0.15, 0.2) is 0 Å². The van der Waals surface area contributed by atoms with Gasteiger partial charge < -0.3 is 9.84 Å². The molecule has 0 unspecified atom stereocenters. The second kappa shape index (κ2) is 8.13. The van der Waals surface area contributed by atoms with E-state index in [0.29, 0.717) is 35.0 Å². The van der Waals surface area contributed by atoms with Crippen LogP contribution in [0, 0.1) is 46.3 Å². The number of carbonyl (C=O) groups is 2. The summed E-state index contributed by atoms with van der Waals surface area (Å²) in [7, 11) is 0. The Balaban J connectivity index is 1.47. The van der Waals surface area contributed by atoms with Gasteiger partial charge in [-0.1, -0.05) is 20.8 Å². The molecular formula is C26H42O4. The number of esters is 1. The molecule has 0 amide bonds. The van der Waals surface area contributed by atoms with Gasteiger partial charge in [0.15, 0.2) is 0 Å².